The minimum absolute atomic E-state index is 0.218. The maximum Gasteiger partial charge on any atom is 0.163 e. The van der Waals surface area contributed by atoms with E-state index in [-0.39, 0.29) is 5.78 Å². The summed E-state index contributed by atoms with van der Waals surface area (Å²) >= 11 is 0. The van der Waals surface area contributed by atoms with Gasteiger partial charge in [-0.1, -0.05) is 6.42 Å². The van der Waals surface area contributed by atoms with E-state index >= 15 is 0 Å². The van der Waals surface area contributed by atoms with Crippen LogP contribution in [0.25, 0.3) is 0 Å². The molecule has 0 radical (unpaired) electrons. The van der Waals surface area contributed by atoms with E-state index in [2.05, 4.69) is 0 Å². The van der Waals surface area contributed by atoms with Gasteiger partial charge in [0.15, 0.2) is 5.78 Å². The summed E-state index contributed by atoms with van der Waals surface area (Å²) in [5, 5.41) is 0. The highest BCUT2D eigenvalue weighted by Crippen LogP contribution is 2.23. The Morgan fingerprint density at radius 2 is 1.89 bits per heavy atom. The third-order valence-corrected chi connectivity index (χ3v) is 3.15. The number of nitrogens with two attached hydrogens (primary N) is 1. The Balaban J connectivity index is 2.71. The molecule has 0 unspecified atom stereocenters. The zero-order valence-corrected chi connectivity index (χ0v) is 11.6. The van der Waals surface area contributed by atoms with E-state index in [1.807, 2.05) is 26.0 Å². The first-order valence-corrected chi connectivity index (χ1v) is 6.48. The van der Waals surface area contributed by atoms with Gasteiger partial charge in [0.2, 0.25) is 0 Å². The number of hydrogen-bond donors (Lipinski definition) is 1. The molecule has 0 spiro atoms. The molecule has 1 aromatic rings. The lowest BCUT2D eigenvalue weighted by molar-refractivity contribution is 0.0978. The minimum Gasteiger partial charge on any atom is -0.496 e. The molecule has 100 valence electrons. The van der Waals surface area contributed by atoms with E-state index in [1.165, 1.54) is 0 Å². The van der Waals surface area contributed by atoms with E-state index in [1.54, 1.807) is 7.11 Å². The highest BCUT2D eigenvalue weighted by atomic mass is 16.5. The molecule has 3 nitrogen and oxygen atoms in total. The van der Waals surface area contributed by atoms with Crippen LogP contribution in [-0.4, -0.2) is 19.4 Å². The number of unbranched alkanes of at least 4 members (excludes halogenated alkanes) is 2. The van der Waals surface area contributed by atoms with Gasteiger partial charge in [0, 0.05) is 12.0 Å². The lowest BCUT2D eigenvalue weighted by Gasteiger charge is -2.10. The summed E-state index contributed by atoms with van der Waals surface area (Å²) in [6.45, 7) is 4.62. The SMILES string of the molecule is COc1cc(C)c(C(=O)CCCCCN)cc1C. The second-order valence-corrected chi connectivity index (χ2v) is 4.66. The Labute approximate surface area is 109 Å². The van der Waals surface area contributed by atoms with Crippen LogP contribution in [0.3, 0.4) is 0 Å². The van der Waals surface area contributed by atoms with Crippen LogP contribution in [0.15, 0.2) is 12.1 Å². The number of ether oxygens (including phenoxy) is 1. The molecular weight excluding hydrogens is 226 g/mol. The van der Waals surface area contributed by atoms with Gasteiger partial charge in [0.05, 0.1) is 7.11 Å². The predicted molar refractivity (Wildman–Crippen MR) is 74.3 cm³/mol. The largest absolute Gasteiger partial charge is 0.496 e. The van der Waals surface area contributed by atoms with Crippen LogP contribution in [0.1, 0.15) is 47.2 Å². The quantitative estimate of drug-likeness (QED) is 0.597. The number of carbonyl (C=O) groups is 1. The molecule has 0 atom stereocenters. The maximum absolute atomic E-state index is 12.1. The maximum atomic E-state index is 12.1. The lowest BCUT2D eigenvalue weighted by Crippen LogP contribution is -2.04. The minimum atomic E-state index is 0.218. The molecule has 0 aromatic heterocycles. The van der Waals surface area contributed by atoms with Gasteiger partial charge in [-0.05, 0) is 56.5 Å². The van der Waals surface area contributed by atoms with Crippen molar-refractivity contribution in [2.75, 3.05) is 13.7 Å². The molecule has 3 heteroatoms. The van der Waals surface area contributed by atoms with Crippen molar-refractivity contribution in [3.63, 3.8) is 0 Å². The van der Waals surface area contributed by atoms with E-state index in [0.29, 0.717) is 13.0 Å². The second kappa shape index (κ2) is 7.17. The van der Waals surface area contributed by atoms with Crippen LogP contribution < -0.4 is 10.5 Å². The third-order valence-electron chi connectivity index (χ3n) is 3.15. The van der Waals surface area contributed by atoms with Crippen LogP contribution in [0, 0.1) is 13.8 Å². The summed E-state index contributed by atoms with van der Waals surface area (Å²) in [5.74, 6) is 1.06. The molecule has 18 heavy (non-hydrogen) atoms. The highest BCUT2D eigenvalue weighted by Gasteiger charge is 2.11. The Bertz CT molecular complexity index is 413. The summed E-state index contributed by atoms with van der Waals surface area (Å²) in [5.41, 5.74) is 8.25. The van der Waals surface area contributed by atoms with Gasteiger partial charge in [0.25, 0.3) is 0 Å². The van der Waals surface area contributed by atoms with Crippen molar-refractivity contribution < 1.29 is 9.53 Å². The molecule has 1 rings (SSSR count). The number of aryl methyl sites for hydroxylation is 2. The van der Waals surface area contributed by atoms with Crippen molar-refractivity contribution in [1.29, 1.82) is 0 Å². The lowest BCUT2D eigenvalue weighted by atomic mass is 9.98. The molecule has 0 aliphatic carbocycles. The van der Waals surface area contributed by atoms with Gasteiger partial charge in [-0.2, -0.15) is 0 Å². The van der Waals surface area contributed by atoms with Crippen molar-refractivity contribution in [1.82, 2.24) is 0 Å². The molecule has 0 heterocycles. The number of benzene rings is 1. The second-order valence-electron chi connectivity index (χ2n) is 4.66. The molecule has 1 aromatic carbocycles. The van der Waals surface area contributed by atoms with Crippen molar-refractivity contribution in [2.24, 2.45) is 5.73 Å². The van der Waals surface area contributed by atoms with Crippen LogP contribution in [-0.2, 0) is 0 Å². The first-order chi connectivity index (χ1) is 8.60. The number of Topliss-reactive ketones (excluding diaryl/α,β-unsaturated/α-hetero) is 1. The van der Waals surface area contributed by atoms with Gasteiger partial charge in [0.1, 0.15) is 5.75 Å². The van der Waals surface area contributed by atoms with E-state index < -0.39 is 0 Å². The Morgan fingerprint density at radius 1 is 1.17 bits per heavy atom. The first kappa shape index (κ1) is 14.7. The fourth-order valence-electron chi connectivity index (χ4n) is 2.05. The number of ketones is 1. The molecule has 0 bridgehead atoms. The van der Waals surface area contributed by atoms with Gasteiger partial charge in [-0.25, -0.2) is 0 Å². The topological polar surface area (TPSA) is 52.3 Å². The Kier molecular flexibility index (Phi) is 5.86. The van der Waals surface area contributed by atoms with Crippen molar-refractivity contribution in [3.8, 4) is 5.75 Å². The summed E-state index contributed by atoms with van der Waals surface area (Å²) in [7, 11) is 1.65. The summed E-state index contributed by atoms with van der Waals surface area (Å²) in [6, 6.07) is 3.86. The van der Waals surface area contributed by atoms with Crippen molar-refractivity contribution in [3.05, 3.63) is 28.8 Å². The zero-order chi connectivity index (χ0) is 13.5. The normalized spacial score (nSPS) is 10.4. The fourth-order valence-corrected chi connectivity index (χ4v) is 2.05. The first-order valence-electron chi connectivity index (χ1n) is 6.48. The average molecular weight is 249 g/mol. The van der Waals surface area contributed by atoms with Gasteiger partial charge < -0.3 is 10.5 Å². The van der Waals surface area contributed by atoms with Crippen LogP contribution in [0.5, 0.6) is 5.75 Å². The van der Waals surface area contributed by atoms with Crippen LogP contribution >= 0.6 is 0 Å². The van der Waals surface area contributed by atoms with Crippen molar-refractivity contribution in [2.45, 2.75) is 39.5 Å². The Hall–Kier alpha value is -1.35. The standard InChI is InChI=1S/C15H23NO2/c1-11-10-15(18-3)12(2)9-13(11)14(17)7-5-4-6-8-16/h9-10H,4-8,16H2,1-3H3. The van der Waals surface area contributed by atoms with Gasteiger partial charge in [-0.3, -0.25) is 4.79 Å². The predicted octanol–water partition coefficient (Wildman–Crippen LogP) is 3.01. The molecule has 0 aliphatic heterocycles. The average Bonchev–Trinajstić information content (AvgIpc) is 2.36. The van der Waals surface area contributed by atoms with Crippen LogP contribution in [0.2, 0.25) is 0 Å². The molecule has 0 saturated heterocycles. The number of carbonyl (C=O) groups excluding carboxylic acids is 1. The Morgan fingerprint density at radius 3 is 2.50 bits per heavy atom. The zero-order valence-electron chi connectivity index (χ0n) is 11.6. The number of hydrogen-bond acceptors (Lipinski definition) is 3. The van der Waals surface area contributed by atoms with E-state index in [4.69, 9.17) is 10.5 Å². The molecule has 0 fully saturated rings. The van der Waals surface area contributed by atoms with Crippen molar-refractivity contribution >= 4 is 5.78 Å². The highest BCUT2D eigenvalue weighted by molar-refractivity contribution is 5.97. The summed E-state index contributed by atoms with van der Waals surface area (Å²) in [4.78, 5) is 12.1. The molecule has 0 aliphatic rings. The summed E-state index contributed by atoms with van der Waals surface area (Å²) < 4.78 is 5.25. The summed E-state index contributed by atoms with van der Waals surface area (Å²) in [6.07, 6.45) is 3.54. The van der Waals surface area contributed by atoms with E-state index in [0.717, 1.165) is 41.7 Å². The van der Waals surface area contributed by atoms with Gasteiger partial charge >= 0.3 is 0 Å². The monoisotopic (exact) mass is 249 g/mol. The van der Waals surface area contributed by atoms with Gasteiger partial charge in [-0.15, -0.1) is 0 Å². The number of rotatable bonds is 7. The third kappa shape index (κ3) is 3.84. The number of methoxy groups -OCH3 is 1. The smallest absolute Gasteiger partial charge is 0.163 e. The van der Waals surface area contributed by atoms with Crippen LogP contribution in [0.4, 0.5) is 0 Å². The molecule has 0 saturated carbocycles. The fraction of sp³-hybridized carbons (Fsp3) is 0.533. The molecule has 2 N–H and O–H groups in total. The molecule has 0 amide bonds. The molecular formula is C15H23NO2. The van der Waals surface area contributed by atoms with E-state index in [9.17, 15) is 4.79 Å².